The predicted molar refractivity (Wildman–Crippen MR) is 155 cm³/mol. The Bertz CT molecular complexity index is 1320. The average Bonchev–Trinajstić information content (AvgIpc) is 3.44. The molecule has 3 aromatic rings. The van der Waals surface area contributed by atoms with Gasteiger partial charge in [0.25, 0.3) is 5.91 Å². The van der Waals surface area contributed by atoms with Gasteiger partial charge in [0.2, 0.25) is 0 Å². The molecule has 1 aromatic heterocycles. The summed E-state index contributed by atoms with van der Waals surface area (Å²) in [5, 5.41) is 15.4. The fourth-order valence-electron chi connectivity index (χ4n) is 5.49. The van der Waals surface area contributed by atoms with E-state index in [2.05, 4.69) is 23.2 Å². The zero-order valence-electron chi connectivity index (χ0n) is 22.7. The van der Waals surface area contributed by atoms with E-state index in [9.17, 15) is 14.7 Å². The van der Waals surface area contributed by atoms with Crippen molar-refractivity contribution in [1.82, 2.24) is 10.3 Å². The lowest BCUT2D eigenvalue weighted by atomic mass is 9.95. The topological polar surface area (TPSA) is 91.8 Å². The second-order valence-electron chi connectivity index (χ2n) is 10.9. The zero-order chi connectivity index (χ0) is 27.4. The third-order valence-electron chi connectivity index (χ3n) is 7.95. The van der Waals surface area contributed by atoms with Gasteiger partial charge in [0, 0.05) is 35.6 Å². The fourth-order valence-corrected chi connectivity index (χ4v) is 6.37. The van der Waals surface area contributed by atoms with Crippen molar-refractivity contribution in [3.63, 3.8) is 0 Å². The van der Waals surface area contributed by atoms with E-state index in [0.29, 0.717) is 38.1 Å². The number of carbonyl (C=O) groups excluding carboxylic acids is 1. The third-order valence-corrected chi connectivity index (χ3v) is 8.85. The van der Waals surface area contributed by atoms with Crippen molar-refractivity contribution in [2.45, 2.75) is 71.4 Å². The summed E-state index contributed by atoms with van der Waals surface area (Å²) in [6, 6.07) is 12.2. The number of hydrogen-bond acceptors (Lipinski definition) is 6. The van der Waals surface area contributed by atoms with Gasteiger partial charge in [-0.2, -0.15) is 0 Å². The summed E-state index contributed by atoms with van der Waals surface area (Å²) >= 11 is 1.58. The number of carboxylic acids is 1. The van der Waals surface area contributed by atoms with Crippen LogP contribution in [0.2, 0.25) is 0 Å². The molecule has 0 radical (unpaired) electrons. The Kier molecular flexibility index (Phi) is 8.50. The number of hydrogen-bond donors (Lipinski definition) is 2. The number of nitrogens with zero attached hydrogens (tertiary/aromatic N) is 2. The van der Waals surface area contributed by atoms with Gasteiger partial charge in [-0.05, 0) is 74.9 Å². The lowest BCUT2D eigenvalue weighted by Gasteiger charge is -2.29. The van der Waals surface area contributed by atoms with E-state index in [-0.39, 0.29) is 17.9 Å². The first kappa shape index (κ1) is 27.2. The molecule has 2 aliphatic rings. The average molecular weight is 548 g/mol. The molecule has 1 amide bonds. The van der Waals surface area contributed by atoms with Crippen LogP contribution in [0.5, 0.6) is 5.75 Å². The summed E-state index contributed by atoms with van der Waals surface area (Å²) in [6.45, 7) is 5.88. The first-order valence-corrected chi connectivity index (χ1v) is 14.8. The summed E-state index contributed by atoms with van der Waals surface area (Å²) in [5.41, 5.74) is 5.69. The van der Waals surface area contributed by atoms with Crippen molar-refractivity contribution in [1.29, 1.82) is 0 Å². The van der Waals surface area contributed by atoms with Crippen LogP contribution in [-0.2, 0) is 11.4 Å². The Labute approximate surface area is 234 Å². The summed E-state index contributed by atoms with van der Waals surface area (Å²) in [5.74, 6) is -0.199. The molecular weight excluding hydrogens is 510 g/mol. The van der Waals surface area contributed by atoms with Crippen molar-refractivity contribution in [3.05, 3.63) is 64.0 Å². The van der Waals surface area contributed by atoms with E-state index >= 15 is 0 Å². The van der Waals surface area contributed by atoms with Crippen molar-refractivity contribution in [2.75, 3.05) is 18.0 Å². The highest BCUT2D eigenvalue weighted by Crippen LogP contribution is 2.36. The number of carboxylic acid groups (broad SMARTS) is 1. The zero-order valence-corrected chi connectivity index (χ0v) is 23.6. The van der Waals surface area contributed by atoms with Crippen LogP contribution in [0.4, 0.5) is 5.13 Å². The lowest BCUT2D eigenvalue weighted by molar-refractivity contribution is -0.142. The van der Waals surface area contributed by atoms with E-state index < -0.39 is 5.97 Å². The molecule has 1 saturated carbocycles. The van der Waals surface area contributed by atoms with Crippen LogP contribution in [-0.4, -0.2) is 41.1 Å². The Morgan fingerprint density at radius 2 is 1.82 bits per heavy atom. The highest BCUT2D eigenvalue weighted by Gasteiger charge is 2.26. The van der Waals surface area contributed by atoms with E-state index in [1.165, 1.54) is 19.3 Å². The molecule has 5 rings (SSSR count). The summed E-state index contributed by atoms with van der Waals surface area (Å²) < 4.78 is 6.32. The first-order chi connectivity index (χ1) is 18.9. The van der Waals surface area contributed by atoms with E-state index in [0.717, 1.165) is 51.7 Å². The van der Waals surface area contributed by atoms with Gasteiger partial charge in [-0.15, -0.1) is 11.3 Å². The highest BCUT2D eigenvalue weighted by atomic mass is 32.1. The number of aromatic nitrogens is 1. The molecule has 1 aliphatic carbocycles. The Balaban J connectivity index is 1.25. The number of carbonyl (C=O) groups is 2. The molecule has 0 atom stereocenters. The van der Waals surface area contributed by atoms with Crippen LogP contribution in [0.3, 0.4) is 0 Å². The summed E-state index contributed by atoms with van der Waals surface area (Å²) in [6.07, 6.45) is 7.06. The molecule has 1 aliphatic heterocycles. The van der Waals surface area contributed by atoms with Crippen LogP contribution in [0.1, 0.15) is 72.0 Å². The van der Waals surface area contributed by atoms with Crippen molar-refractivity contribution >= 4 is 28.3 Å². The van der Waals surface area contributed by atoms with Crippen molar-refractivity contribution in [3.8, 4) is 17.0 Å². The smallest absolute Gasteiger partial charge is 0.306 e. The SMILES string of the molecule is Cc1ccc(OCc2ccc(C(=O)NC3CCCCC3)cc2C)c(-c2csc(N3CCC(C(=O)O)CC3)n2)c1. The number of rotatable bonds is 8. The highest BCUT2D eigenvalue weighted by molar-refractivity contribution is 7.14. The number of piperidine rings is 1. The van der Waals surface area contributed by atoms with Gasteiger partial charge >= 0.3 is 5.97 Å². The van der Waals surface area contributed by atoms with Gasteiger partial charge in [-0.3, -0.25) is 9.59 Å². The minimum absolute atomic E-state index is 0.00446. The molecule has 1 saturated heterocycles. The van der Waals surface area contributed by atoms with E-state index in [4.69, 9.17) is 9.72 Å². The number of anilines is 1. The molecule has 2 heterocycles. The standard InChI is InChI=1S/C31H37N3O4S/c1-20-8-11-28(26(16-20)27-19-39-31(33-27)34-14-12-22(13-15-34)30(36)37)38-18-24-10-9-23(17-21(24)2)29(35)32-25-6-4-3-5-7-25/h8-11,16-17,19,22,25H,3-7,12-15,18H2,1-2H3,(H,32,35)(H,36,37). The number of aryl methyl sites for hydroxylation is 2. The monoisotopic (exact) mass is 547 g/mol. The number of amides is 1. The van der Waals surface area contributed by atoms with Gasteiger partial charge in [-0.25, -0.2) is 4.98 Å². The third kappa shape index (κ3) is 6.61. The molecule has 2 N–H and O–H groups in total. The maximum Gasteiger partial charge on any atom is 0.306 e. The molecule has 7 nitrogen and oxygen atoms in total. The number of thiazole rings is 1. The van der Waals surface area contributed by atoms with Crippen LogP contribution in [0, 0.1) is 19.8 Å². The second kappa shape index (κ2) is 12.2. The van der Waals surface area contributed by atoms with Crippen LogP contribution >= 0.6 is 11.3 Å². The summed E-state index contributed by atoms with van der Waals surface area (Å²) in [7, 11) is 0. The van der Waals surface area contributed by atoms with Gasteiger partial charge in [0.15, 0.2) is 5.13 Å². The minimum Gasteiger partial charge on any atom is -0.488 e. The largest absolute Gasteiger partial charge is 0.488 e. The number of nitrogens with one attached hydrogen (secondary N) is 1. The lowest BCUT2D eigenvalue weighted by Crippen LogP contribution is -2.36. The van der Waals surface area contributed by atoms with Gasteiger partial charge in [0.1, 0.15) is 12.4 Å². The minimum atomic E-state index is -0.705. The summed E-state index contributed by atoms with van der Waals surface area (Å²) in [4.78, 5) is 31.2. The molecule has 0 spiro atoms. The van der Waals surface area contributed by atoms with Gasteiger partial charge < -0.3 is 20.1 Å². The normalized spacial score (nSPS) is 16.7. The molecule has 39 heavy (non-hydrogen) atoms. The maximum absolute atomic E-state index is 12.8. The Morgan fingerprint density at radius 3 is 2.54 bits per heavy atom. The molecule has 2 fully saturated rings. The first-order valence-electron chi connectivity index (χ1n) is 13.9. The molecule has 0 bridgehead atoms. The maximum atomic E-state index is 12.8. The molecule has 8 heteroatoms. The quantitative estimate of drug-likeness (QED) is 0.341. The molecule has 2 aromatic carbocycles. The van der Waals surface area contributed by atoms with Crippen LogP contribution in [0.25, 0.3) is 11.3 Å². The molecule has 0 unspecified atom stereocenters. The van der Waals surface area contributed by atoms with Crippen molar-refractivity contribution < 1.29 is 19.4 Å². The van der Waals surface area contributed by atoms with Crippen molar-refractivity contribution in [2.24, 2.45) is 5.92 Å². The van der Waals surface area contributed by atoms with Crippen LogP contribution in [0.15, 0.2) is 41.8 Å². The fraction of sp³-hybridized carbons (Fsp3) is 0.452. The number of benzene rings is 2. The van der Waals surface area contributed by atoms with Gasteiger partial charge in [0.05, 0.1) is 11.6 Å². The van der Waals surface area contributed by atoms with E-state index in [1.807, 2.05) is 42.6 Å². The van der Waals surface area contributed by atoms with Crippen LogP contribution < -0.4 is 15.0 Å². The Hall–Kier alpha value is -3.39. The predicted octanol–water partition coefficient (Wildman–Crippen LogP) is 6.37. The molecule has 206 valence electrons. The Morgan fingerprint density at radius 1 is 1.05 bits per heavy atom. The second-order valence-corrected chi connectivity index (χ2v) is 11.7. The van der Waals surface area contributed by atoms with E-state index in [1.54, 1.807) is 11.3 Å². The molecular formula is C31H37N3O4S. The number of ether oxygens (including phenoxy) is 1. The number of aliphatic carboxylic acids is 1. The van der Waals surface area contributed by atoms with Gasteiger partial charge in [-0.1, -0.05) is 37.0 Å².